The number of nitrogens with one attached hydrogen (secondary N) is 1. The molecule has 4 nitrogen and oxygen atoms in total. The lowest BCUT2D eigenvalue weighted by atomic mass is 10.1. The van der Waals surface area contributed by atoms with Crippen molar-refractivity contribution in [3.05, 3.63) is 64.8 Å². The van der Waals surface area contributed by atoms with Crippen LogP contribution in [-0.4, -0.2) is 18.9 Å². The second kappa shape index (κ2) is 6.98. The first-order valence-electron chi connectivity index (χ1n) is 7.34. The summed E-state index contributed by atoms with van der Waals surface area (Å²) in [7, 11) is 0. The van der Waals surface area contributed by atoms with Gasteiger partial charge in [0.05, 0.1) is 0 Å². The van der Waals surface area contributed by atoms with E-state index in [1.165, 1.54) is 0 Å². The highest BCUT2D eigenvalue weighted by Crippen LogP contribution is 2.30. The second-order valence-electron chi connectivity index (χ2n) is 4.99. The van der Waals surface area contributed by atoms with Crippen LogP contribution < -0.4 is 5.32 Å². The van der Waals surface area contributed by atoms with E-state index in [9.17, 15) is 4.79 Å². The van der Waals surface area contributed by atoms with E-state index in [1.807, 2.05) is 49.4 Å². The van der Waals surface area contributed by atoms with Crippen molar-refractivity contribution in [2.75, 3.05) is 11.9 Å². The van der Waals surface area contributed by atoms with Crippen molar-refractivity contribution in [2.45, 2.75) is 13.2 Å². The normalized spacial score (nSPS) is 17.3. The predicted molar refractivity (Wildman–Crippen MR) is 93.0 cm³/mol. The maximum atomic E-state index is 11.7. The molecule has 1 aliphatic rings. The first-order valence-corrected chi connectivity index (χ1v) is 8.13. The van der Waals surface area contributed by atoms with Crippen LogP contribution in [0.25, 0.3) is 11.1 Å². The van der Waals surface area contributed by atoms with Gasteiger partial charge in [0.1, 0.15) is 10.2 Å². The Balaban J connectivity index is 1.79. The number of halogens is 1. The van der Waals surface area contributed by atoms with Crippen LogP contribution in [0.2, 0.25) is 0 Å². The summed E-state index contributed by atoms with van der Waals surface area (Å²) >= 11 is 3.25. The molecule has 1 N–H and O–H groups in total. The maximum absolute atomic E-state index is 11.7. The van der Waals surface area contributed by atoms with Gasteiger partial charge in [-0.05, 0) is 46.1 Å². The Bertz CT molecular complexity index is 726. The molecule has 0 fully saturated rings. The number of rotatable bonds is 5. The van der Waals surface area contributed by atoms with Crippen molar-refractivity contribution in [2.24, 2.45) is 0 Å². The van der Waals surface area contributed by atoms with Gasteiger partial charge in [0, 0.05) is 12.3 Å². The smallest absolute Gasteiger partial charge is 0.349 e. The minimum atomic E-state index is -0.698. The highest BCUT2D eigenvalue weighted by molar-refractivity contribution is 9.12. The third-order valence-corrected chi connectivity index (χ3v) is 4.21. The first kappa shape index (κ1) is 15.8. The number of esters is 1. The van der Waals surface area contributed by atoms with Crippen LogP contribution in [0.1, 0.15) is 6.92 Å². The molecule has 1 heterocycles. The van der Waals surface area contributed by atoms with Crippen molar-refractivity contribution in [1.82, 2.24) is 0 Å². The van der Waals surface area contributed by atoms with Crippen molar-refractivity contribution >= 4 is 27.6 Å². The molecule has 0 bridgehead atoms. The van der Waals surface area contributed by atoms with Crippen LogP contribution in [0.15, 0.2) is 64.8 Å². The summed E-state index contributed by atoms with van der Waals surface area (Å²) in [5.41, 5.74) is 3.74. The van der Waals surface area contributed by atoms with Crippen LogP contribution in [0.5, 0.6) is 0 Å². The minimum absolute atomic E-state index is 0.364. The zero-order valence-corrected chi connectivity index (χ0v) is 14.2. The van der Waals surface area contributed by atoms with E-state index in [-0.39, 0.29) is 0 Å². The summed E-state index contributed by atoms with van der Waals surface area (Å²) in [4.78, 5) is 11.7. The van der Waals surface area contributed by atoms with E-state index < -0.39 is 12.3 Å². The van der Waals surface area contributed by atoms with Gasteiger partial charge < -0.3 is 14.8 Å². The standard InChI is InChI=1S/C18H16BrNO3/c1-2-22-18-16(15(19)17(21)23-18)20-14-10-8-13(9-11-14)12-6-4-3-5-7-12/h3-11,18,20H,2H2,1H3. The molecule has 0 spiro atoms. The molecule has 1 atom stereocenters. The van der Waals surface area contributed by atoms with Gasteiger partial charge in [-0.25, -0.2) is 4.79 Å². The SMILES string of the molecule is CCOC1OC(=O)C(Br)=C1Nc1ccc(-c2ccccc2)cc1. The Labute approximate surface area is 143 Å². The average Bonchev–Trinajstić information content (AvgIpc) is 2.84. The van der Waals surface area contributed by atoms with E-state index >= 15 is 0 Å². The van der Waals surface area contributed by atoms with E-state index in [0.717, 1.165) is 16.8 Å². The number of hydrogen-bond donors (Lipinski definition) is 1. The monoisotopic (exact) mass is 373 g/mol. The topological polar surface area (TPSA) is 47.6 Å². The molecule has 118 valence electrons. The quantitative estimate of drug-likeness (QED) is 0.794. The van der Waals surface area contributed by atoms with Gasteiger partial charge in [-0.1, -0.05) is 42.5 Å². The van der Waals surface area contributed by atoms with Crippen LogP contribution in [0, 0.1) is 0 Å². The number of ether oxygens (including phenoxy) is 2. The lowest BCUT2D eigenvalue weighted by Crippen LogP contribution is -2.20. The summed E-state index contributed by atoms with van der Waals surface area (Å²) in [5, 5.41) is 3.20. The summed E-state index contributed by atoms with van der Waals surface area (Å²) in [6, 6.07) is 18.1. The molecular weight excluding hydrogens is 358 g/mol. The highest BCUT2D eigenvalue weighted by Gasteiger charge is 2.33. The van der Waals surface area contributed by atoms with Crippen molar-refractivity contribution in [3.63, 3.8) is 0 Å². The van der Waals surface area contributed by atoms with Crippen molar-refractivity contribution in [3.8, 4) is 11.1 Å². The molecule has 23 heavy (non-hydrogen) atoms. The third-order valence-electron chi connectivity index (χ3n) is 3.45. The Morgan fingerprint density at radius 3 is 2.39 bits per heavy atom. The van der Waals surface area contributed by atoms with Crippen LogP contribution in [0.3, 0.4) is 0 Å². The van der Waals surface area contributed by atoms with Crippen molar-refractivity contribution < 1.29 is 14.3 Å². The third kappa shape index (κ3) is 3.46. The number of hydrogen-bond acceptors (Lipinski definition) is 4. The molecule has 2 aromatic carbocycles. The number of benzene rings is 2. The zero-order valence-electron chi connectivity index (χ0n) is 12.6. The summed E-state index contributed by atoms with van der Waals surface area (Å²) in [6.07, 6.45) is -0.698. The summed E-state index contributed by atoms with van der Waals surface area (Å²) in [5.74, 6) is -0.424. The van der Waals surface area contributed by atoms with Gasteiger partial charge in [0.15, 0.2) is 0 Å². The van der Waals surface area contributed by atoms with E-state index in [4.69, 9.17) is 9.47 Å². The van der Waals surface area contributed by atoms with E-state index in [1.54, 1.807) is 0 Å². The predicted octanol–water partition coefficient (Wildman–Crippen LogP) is 4.29. The molecule has 0 aromatic heterocycles. The fourth-order valence-electron chi connectivity index (χ4n) is 2.34. The van der Waals surface area contributed by atoms with Gasteiger partial charge >= 0.3 is 5.97 Å². The van der Waals surface area contributed by atoms with Crippen LogP contribution >= 0.6 is 15.9 Å². The molecule has 0 aliphatic carbocycles. The number of cyclic esters (lactones) is 1. The molecule has 0 saturated heterocycles. The average molecular weight is 374 g/mol. The maximum Gasteiger partial charge on any atom is 0.349 e. The molecule has 1 unspecified atom stereocenters. The lowest BCUT2D eigenvalue weighted by Gasteiger charge is -2.15. The molecule has 0 amide bonds. The van der Waals surface area contributed by atoms with E-state index in [0.29, 0.717) is 16.8 Å². The number of anilines is 1. The molecule has 3 rings (SSSR count). The van der Waals surface area contributed by atoms with Crippen LogP contribution in [0.4, 0.5) is 5.69 Å². The molecule has 2 aromatic rings. The lowest BCUT2D eigenvalue weighted by molar-refractivity contribution is -0.158. The number of carbonyl (C=O) groups is 1. The van der Waals surface area contributed by atoms with Gasteiger partial charge in [-0.3, -0.25) is 0 Å². The minimum Gasteiger partial charge on any atom is -0.426 e. The second-order valence-corrected chi connectivity index (χ2v) is 5.78. The van der Waals surface area contributed by atoms with Gasteiger partial charge in [-0.2, -0.15) is 0 Å². The summed E-state index contributed by atoms with van der Waals surface area (Å²) in [6.45, 7) is 2.31. The van der Waals surface area contributed by atoms with Gasteiger partial charge in [0.2, 0.25) is 6.29 Å². The molecule has 1 aliphatic heterocycles. The Hall–Kier alpha value is -2.11. The highest BCUT2D eigenvalue weighted by atomic mass is 79.9. The Morgan fingerprint density at radius 1 is 1.09 bits per heavy atom. The van der Waals surface area contributed by atoms with Gasteiger partial charge in [0.25, 0.3) is 0 Å². The summed E-state index contributed by atoms with van der Waals surface area (Å²) < 4.78 is 10.9. The first-order chi connectivity index (χ1) is 11.2. The molecule has 5 heteroatoms. The molecule has 0 saturated carbocycles. The Kier molecular flexibility index (Phi) is 4.79. The largest absolute Gasteiger partial charge is 0.426 e. The number of carbonyl (C=O) groups excluding carboxylic acids is 1. The fourth-order valence-corrected chi connectivity index (χ4v) is 2.72. The van der Waals surface area contributed by atoms with Crippen molar-refractivity contribution in [1.29, 1.82) is 0 Å². The molecule has 0 radical (unpaired) electrons. The van der Waals surface area contributed by atoms with E-state index in [2.05, 4.69) is 33.4 Å². The Morgan fingerprint density at radius 2 is 1.74 bits per heavy atom. The zero-order chi connectivity index (χ0) is 16.2. The molecular formula is C18H16BrNO3. The van der Waals surface area contributed by atoms with Crippen LogP contribution in [-0.2, 0) is 14.3 Å². The van der Waals surface area contributed by atoms with Gasteiger partial charge in [-0.15, -0.1) is 0 Å². The fraction of sp³-hybridized carbons (Fsp3) is 0.167.